The van der Waals surface area contributed by atoms with Crippen molar-refractivity contribution in [3.05, 3.63) is 11.1 Å². The minimum atomic E-state index is -3.36. The Hall–Kier alpha value is -1.19. The van der Waals surface area contributed by atoms with Crippen LogP contribution in [0.25, 0.3) is 0 Å². The quantitative estimate of drug-likeness (QED) is 0.671. The van der Waals surface area contributed by atoms with E-state index in [2.05, 4.69) is 15.0 Å². The Bertz CT molecular complexity index is 554. The minimum absolute atomic E-state index is 0.0755. The van der Waals surface area contributed by atoms with E-state index in [0.717, 1.165) is 17.6 Å². The van der Waals surface area contributed by atoms with Crippen LogP contribution in [0.2, 0.25) is 0 Å². The van der Waals surface area contributed by atoms with Crippen molar-refractivity contribution in [1.29, 1.82) is 0 Å². The van der Waals surface area contributed by atoms with Gasteiger partial charge in [-0.2, -0.15) is 0 Å². The van der Waals surface area contributed by atoms with Crippen LogP contribution in [0.15, 0.2) is 5.38 Å². The van der Waals surface area contributed by atoms with Gasteiger partial charge in [0.05, 0.1) is 24.5 Å². The SMILES string of the molecule is CC(O)CC(C)NC(=O)Cc1csc(NS(C)(=O)=O)n1. The largest absolute Gasteiger partial charge is 0.393 e. The molecule has 0 aromatic carbocycles. The third-order valence-corrected chi connectivity index (χ3v) is 3.77. The molecule has 1 aromatic heterocycles. The fourth-order valence-electron chi connectivity index (χ4n) is 1.65. The van der Waals surface area contributed by atoms with Crippen molar-refractivity contribution in [2.24, 2.45) is 0 Å². The molecule has 0 aliphatic heterocycles. The van der Waals surface area contributed by atoms with E-state index in [1.807, 2.05) is 6.92 Å². The number of carbonyl (C=O) groups excluding carboxylic acids is 1. The molecule has 0 aliphatic rings. The lowest BCUT2D eigenvalue weighted by molar-refractivity contribution is -0.121. The summed E-state index contributed by atoms with van der Waals surface area (Å²) >= 11 is 1.13. The fourth-order valence-corrected chi connectivity index (χ4v) is 3.22. The van der Waals surface area contributed by atoms with Crippen molar-refractivity contribution in [3.63, 3.8) is 0 Å². The summed E-state index contributed by atoms with van der Waals surface area (Å²) in [6.45, 7) is 3.47. The zero-order valence-electron chi connectivity index (χ0n) is 11.6. The molecule has 0 spiro atoms. The van der Waals surface area contributed by atoms with E-state index < -0.39 is 16.1 Å². The number of hydrogen-bond donors (Lipinski definition) is 3. The summed E-state index contributed by atoms with van der Waals surface area (Å²) in [5.41, 5.74) is 0.503. The number of aliphatic hydroxyl groups excluding tert-OH is 1. The van der Waals surface area contributed by atoms with E-state index >= 15 is 0 Å². The van der Waals surface area contributed by atoms with Crippen LogP contribution in [0.1, 0.15) is 26.0 Å². The molecule has 0 saturated heterocycles. The monoisotopic (exact) mass is 321 g/mol. The molecule has 1 amide bonds. The van der Waals surface area contributed by atoms with E-state index in [0.29, 0.717) is 12.1 Å². The van der Waals surface area contributed by atoms with Crippen LogP contribution in [0.5, 0.6) is 0 Å². The Morgan fingerprint density at radius 2 is 2.15 bits per heavy atom. The summed E-state index contributed by atoms with van der Waals surface area (Å²) in [7, 11) is -3.36. The van der Waals surface area contributed by atoms with Gasteiger partial charge >= 0.3 is 0 Å². The third-order valence-electron chi connectivity index (χ3n) is 2.27. The van der Waals surface area contributed by atoms with Gasteiger partial charge in [-0.3, -0.25) is 9.52 Å². The second-order valence-electron chi connectivity index (χ2n) is 4.75. The summed E-state index contributed by atoms with van der Waals surface area (Å²) < 4.78 is 24.3. The van der Waals surface area contributed by atoms with Crippen LogP contribution in [-0.4, -0.2) is 42.8 Å². The number of nitrogens with zero attached hydrogens (tertiary/aromatic N) is 1. The van der Waals surface area contributed by atoms with Gasteiger partial charge in [0.1, 0.15) is 0 Å². The summed E-state index contributed by atoms with van der Waals surface area (Å²) in [4.78, 5) is 15.8. The standard InChI is InChI=1S/C11H19N3O4S2/c1-7(4-8(2)15)12-10(16)5-9-6-19-11(13-9)14-20(3,17)18/h6-8,15H,4-5H2,1-3H3,(H,12,16)(H,13,14). The highest BCUT2D eigenvalue weighted by molar-refractivity contribution is 7.92. The Morgan fingerprint density at radius 3 is 2.70 bits per heavy atom. The molecule has 1 heterocycles. The van der Waals surface area contributed by atoms with Crippen molar-refractivity contribution in [2.75, 3.05) is 11.0 Å². The molecule has 1 rings (SSSR count). The first-order valence-electron chi connectivity index (χ1n) is 6.05. The number of aliphatic hydroxyl groups is 1. The second-order valence-corrected chi connectivity index (χ2v) is 7.35. The molecular weight excluding hydrogens is 302 g/mol. The van der Waals surface area contributed by atoms with E-state index in [9.17, 15) is 18.3 Å². The third kappa shape index (κ3) is 6.83. The van der Waals surface area contributed by atoms with Crippen LogP contribution in [0.4, 0.5) is 5.13 Å². The number of rotatable bonds is 7. The highest BCUT2D eigenvalue weighted by Crippen LogP contribution is 2.16. The van der Waals surface area contributed by atoms with E-state index in [1.165, 1.54) is 0 Å². The summed E-state index contributed by atoms with van der Waals surface area (Å²) in [6, 6.07) is -0.130. The van der Waals surface area contributed by atoms with Gasteiger partial charge in [-0.1, -0.05) is 0 Å². The number of carbonyl (C=O) groups is 1. The first-order chi connectivity index (χ1) is 9.15. The number of thiazole rings is 1. The highest BCUT2D eigenvalue weighted by atomic mass is 32.2. The number of anilines is 1. The maximum Gasteiger partial charge on any atom is 0.231 e. The number of hydrogen-bond acceptors (Lipinski definition) is 6. The molecule has 3 N–H and O–H groups in total. The average molecular weight is 321 g/mol. The Labute approximate surface area is 122 Å². The Morgan fingerprint density at radius 1 is 1.50 bits per heavy atom. The predicted molar refractivity (Wildman–Crippen MR) is 78.2 cm³/mol. The van der Waals surface area contributed by atoms with Crippen molar-refractivity contribution >= 4 is 32.4 Å². The molecule has 0 radical (unpaired) electrons. The zero-order valence-corrected chi connectivity index (χ0v) is 13.2. The van der Waals surface area contributed by atoms with Crippen molar-refractivity contribution < 1.29 is 18.3 Å². The number of amides is 1. The molecule has 9 heteroatoms. The van der Waals surface area contributed by atoms with Crippen LogP contribution in [-0.2, 0) is 21.2 Å². The topological polar surface area (TPSA) is 108 Å². The molecule has 0 aliphatic carbocycles. The van der Waals surface area contributed by atoms with Crippen LogP contribution in [0, 0.1) is 0 Å². The molecule has 0 saturated carbocycles. The van der Waals surface area contributed by atoms with Crippen molar-refractivity contribution in [1.82, 2.24) is 10.3 Å². The van der Waals surface area contributed by atoms with Crippen molar-refractivity contribution in [2.45, 2.75) is 38.8 Å². The van der Waals surface area contributed by atoms with Gasteiger partial charge in [0.2, 0.25) is 15.9 Å². The molecule has 1 aromatic rings. The van der Waals surface area contributed by atoms with Gasteiger partial charge in [0.15, 0.2) is 5.13 Å². The molecule has 2 atom stereocenters. The van der Waals surface area contributed by atoms with E-state index in [-0.39, 0.29) is 23.5 Å². The molecule has 7 nitrogen and oxygen atoms in total. The van der Waals surface area contributed by atoms with Gasteiger partial charge in [-0.25, -0.2) is 13.4 Å². The fraction of sp³-hybridized carbons (Fsp3) is 0.636. The highest BCUT2D eigenvalue weighted by Gasteiger charge is 2.13. The predicted octanol–water partition coefficient (Wildman–Crippen LogP) is 0.333. The number of aromatic nitrogens is 1. The second kappa shape index (κ2) is 7.00. The first-order valence-corrected chi connectivity index (χ1v) is 8.82. The van der Waals surface area contributed by atoms with Crippen LogP contribution < -0.4 is 10.0 Å². The van der Waals surface area contributed by atoms with Crippen molar-refractivity contribution in [3.8, 4) is 0 Å². The first kappa shape index (κ1) is 16.9. The molecule has 0 bridgehead atoms. The summed E-state index contributed by atoms with van der Waals surface area (Å²) in [5, 5.41) is 13.8. The van der Waals surface area contributed by atoms with Gasteiger partial charge < -0.3 is 10.4 Å². The lowest BCUT2D eigenvalue weighted by Gasteiger charge is -2.14. The number of nitrogens with one attached hydrogen (secondary N) is 2. The Kier molecular flexibility index (Phi) is 5.90. The van der Waals surface area contributed by atoms with Crippen LogP contribution >= 0.6 is 11.3 Å². The van der Waals surface area contributed by atoms with E-state index in [1.54, 1.807) is 12.3 Å². The minimum Gasteiger partial charge on any atom is -0.393 e. The Balaban J connectivity index is 2.50. The maximum atomic E-state index is 11.7. The molecule has 0 fully saturated rings. The lowest BCUT2D eigenvalue weighted by atomic mass is 10.1. The van der Waals surface area contributed by atoms with Gasteiger partial charge in [0, 0.05) is 11.4 Å². The lowest BCUT2D eigenvalue weighted by Crippen LogP contribution is -2.35. The maximum absolute atomic E-state index is 11.7. The van der Waals surface area contributed by atoms with E-state index in [4.69, 9.17) is 0 Å². The summed E-state index contributed by atoms with van der Waals surface area (Å²) in [6.07, 6.45) is 1.11. The average Bonchev–Trinajstić information content (AvgIpc) is 2.60. The smallest absolute Gasteiger partial charge is 0.231 e. The molecule has 114 valence electrons. The van der Waals surface area contributed by atoms with Gasteiger partial charge in [-0.05, 0) is 20.3 Å². The number of sulfonamides is 1. The zero-order chi connectivity index (χ0) is 15.3. The molecule has 2 unspecified atom stereocenters. The summed E-state index contributed by atoms with van der Waals surface area (Å²) in [5.74, 6) is -0.214. The normalized spacial score (nSPS) is 14.6. The van der Waals surface area contributed by atoms with Gasteiger partial charge in [-0.15, -0.1) is 11.3 Å². The molecule has 20 heavy (non-hydrogen) atoms. The molecular formula is C11H19N3O4S2. The van der Waals surface area contributed by atoms with Gasteiger partial charge in [0.25, 0.3) is 0 Å². The van der Waals surface area contributed by atoms with Crippen LogP contribution in [0.3, 0.4) is 0 Å².